The van der Waals surface area contributed by atoms with Crippen molar-refractivity contribution in [3.8, 4) is 0 Å². The Balaban J connectivity index is 0.00000256. The predicted molar refractivity (Wildman–Crippen MR) is 133 cm³/mol. The molecule has 1 saturated heterocycles. The summed E-state index contributed by atoms with van der Waals surface area (Å²) in [7, 11) is 1.86. The summed E-state index contributed by atoms with van der Waals surface area (Å²) in [4.78, 5) is 7.24. The predicted octanol–water partition coefficient (Wildman–Crippen LogP) is 3.24. The molecule has 2 aliphatic rings. The maximum atomic E-state index is 4.46. The first kappa shape index (κ1) is 23.2. The van der Waals surface area contributed by atoms with Crippen molar-refractivity contribution in [2.75, 3.05) is 33.2 Å². The van der Waals surface area contributed by atoms with E-state index in [0.717, 1.165) is 36.9 Å². The fourth-order valence-corrected chi connectivity index (χ4v) is 5.01. The highest BCUT2D eigenvalue weighted by atomic mass is 127. The van der Waals surface area contributed by atoms with Crippen molar-refractivity contribution in [3.05, 3.63) is 30.2 Å². The maximum absolute atomic E-state index is 4.46. The molecule has 7 nitrogen and oxygen atoms in total. The van der Waals surface area contributed by atoms with Gasteiger partial charge in [0.05, 0.1) is 0 Å². The quantitative estimate of drug-likeness (QED) is 0.345. The van der Waals surface area contributed by atoms with Crippen LogP contribution in [0.25, 0.3) is 5.65 Å². The second kappa shape index (κ2) is 11.3. The maximum Gasteiger partial charge on any atom is 0.191 e. The number of pyridine rings is 1. The molecule has 0 bridgehead atoms. The SMILES string of the molecule is CN=C(NCCc1nnc2ccccn12)NCC1(N2CCCCC2)CCCCC1.I. The van der Waals surface area contributed by atoms with E-state index in [9.17, 15) is 0 Å². The zero-order chi connectivity index (χ0) is 19.9. The van der Waals surface area contributed by atoms with Gasteiger partial charge in [-0.05, 0) is 50.9 Å². The lowest BCUT2D eigenvalue weighted by Gasteiger charge is -2.48. The van der Waals surface area contributed by atoms with Crippen molar-refractivity contribution < 1.29 is 0 Å². The van der Waals surface area contributed by atoms with E-state index in [-0.39, 0.29) is 24.0 Å². The van der Waals surface area contributed by atoms with E-state index in [1.54, 1.807) is 0 Å². The number of likely N-dealkylation sites (tertiary alicyclic amines) is 1. The van der Waals surface area contributed by atoms with Gasteiger partial charge in [0, 0.05) is 38.3 Å². The zero-order valence-electron chi connectivity index (χ0n) is 18.1. The lowest BCUT2D eigenvalue weighted by Crippen LogP contribution is -2.59. The van der Waals surface area contributed by atoms with E-state index >= 15 is 0 Å². The molecule has 0 atom stereocenters. The molecule has 3 heterocycles. The van der Waals surface area contributed by atoms with Crippen molar-refractivity contribution >= 4 is 35.6 Å². The van der Waals surface area contributed by atoms with Crippen LogP contribution in [0.4, 0.5) is 0 Å². The third-order valence-corrected chi connectivity index (χ3v) is 6.65. The van der Waals surface area contributed by atoms with Gasteiger partial charge in [-0.25, -0.2) is 0 Å². The summed E-state index contributed by atoms with van der Waals surface area (Å²) in [6.45, 7) is 4.29. The zero-order valence-corrected chi connectivity index (χ0v) is 20.5. The number of guanidine groups is 1. The highest BCUT2D eigenvalue weighted by Crippen LogP contribution is 2.35. The first-order valence-electron chi connectivity index (χ1n) is 11.3. The molecule has 1 saturated carbocycles. The summed E-state index contributed by atoms with van der Waals surface area (Å²) in [6, 6.07) is 5.98. The van der Waals surface area contributed by atoms with Crippen LogP contribution in [0.2, 0.25) is 0 Å². The molecule has 8 heteroatoms. The van der Waals surface area contributed by atoms with E-state index in [4.69, 9.17) is 0 Å². The second-order valence-corrected chi connectivity index (χ2v) is 8.48. The van der Waals surface area contributed by atoms with Gasteiger partial charge in [0.25, 0.3) is 0 Å². The van der Waals surface area contributed by atoms with Gasteiger partial charge in [-0.1, -0.05) is 31.7 Å². The van der Waals surface area contributed by atoms with Crippen molar-refractivity contribution in [1.82, 2.24) is 30.1 Å². The van der Waals surface area contributed by atoms with Gasteiger partial charge in [-0.3, -0.25) is 14.3 Å². The van der Waals surface area contributed by atoms with Crippen LogP contribution in [0.3, 0.4) is 0 Å². The Morgan fingerprint density at radius 3 is 2.57 bits per heavy atom. The molecule has 30 heavy (non-hydrogen) atoms. The smallest absolute Gasteiger partial charge is 0.191 e. The van der Waals surface area contributed by atoms with Crippen molar-refractivity contribution in [3.63, 3.8) is 0 Å². The average molecular weight is 525 g/mol. The Hall–Kier alpha value is -1.42. The molecule has 4 rings (SSSR count). The highest BCUT2D eigenvalue weighted by Gasteiger charge is 2.38. The number of nitrogens with one attached hydrogen (secondary N) is 2. The highest BCUT2D eigenvalue weighted by molar-refractivity contribution is 14.0. The molecule has 166 valence electrons. The van der Waals surface area contributed by atoms with E-state index in [1.807, 2.05) is 35.8 Å². The monoisotopic (exact) mass is 525 g/mol. The summed E-state index contributed by atoms with van der Waals surface area (Å²) in [5, 5.41) is 15.7. The van der Waals surface area contributed by atoms with Gasteiger partial charge in [-0.2, -0.15) is 0 Å². The summed E-state index contributed by atoms with van der Waals surface area (Å²) < 4.78 is 2.05. The Morgan fingerprint density at radius 2 is 1.80 bits per heavy atom. The lowest BCUT2D eigenvalue weighted by molar-refractivity contribution is 0.0368. The summed E-state index contributed by atoms with van der Waals surface area (Å²) in [5.41, 5.74) is 1.20. The van der Waals surface area contributed by atoms with E-state index in [0.29, 0.717) is 5.54 Å². The summed E-state index contributed by atoms with van der Waals surface area (Å²) in [5.74, 6) is 1.86. The van der Waals surface area contributed by atoms with Crippen LogP contribution in [0.15, 0.2) is 29.4 Å². The topological polar surface area (TPSA) is 69.8 Å². The number of fused-ring (bicyclic) bond motifs is 1. The number of rotatable bonds is 6. The minimum Gasteiger partial charge on any atom is -0.356 e. The molecule has 0 unspecified atom stereocenters. The van der Waals surface area contributed by atoms with Crippen molar-refractivity contribution in [1.29, 1.82) is 0 Å². The van der Waals surface area contributed by atoms with Gasteiger partial charge in [0.1, 0.15) is 5.82 Å². The third-order valence-electron chi connectivity index (χ3n) is 6.65. The summed E-state index contributed by atoms with van der Waals surface area (Å²) in [6.07, 6.45) is 13.6. The van der Waals surface area contributed by atoms with E-state index in [2.05, 4.69) is 30.7 Å². The number of aromatic nitrogens is 3. The molecule has 0 spiro atoms. The Morgan fingerprint density at radius 1 is 1.03 bits per heavy atom. The van der Waals surface area contributed by atoms with Gasteiger partial charge in [0.15, 0.2) is 11.6 Å². The Kier molecular flexibility index (Phi) is 8.73. The molecule has 2 fully saturated rings. The molecule has 1 aliphatic carbocycles. The molecule has 2 N–H and O–H groups in total. The first-order chi connectivity index (χ1) is 14.3. The first-order valence-corrected chi connectivity index (χ1v) is 11.3. The fraction of sp³-hybridized carbons (Fsp3) is 0.682. The van der Waals surface area contributed by atoms with Crippen LogP contribution in [-0.2, 0) is 6.42 Å². The molecule has 0 aromatic carbocycles. The number of hydrogen-bond acceptors (Lipinski definition) is 4. The summed E-state index contributed by atoms with van der Waals surface area (Å²) >= 11 is 0. The molecule has 2 aromatic heterocycles. The third kappa shape index (κ3) is 5.43. The van der Waals surface area contributed by atoms with Crippen LogP contribution in [0, 0.1) is 0 Å². The van der Waals surface area contributed by atoms with Crippen LogP contribution in [0.5, 0.6) is 0 Å². The van der Waals surface area contributed by atoms with Crippen molar-refractivity contribution in [2.45, 2.75) is 63.3 Å². The van der Waals surface area contributed by atoms with Gasteiger partial charge in [-0.15, -0.1) is 34.2 Å². The van der Waals surface area contributed by atoms with Crippen LogP contribution < -0.4 is 10.6 Å². The van der Waals surface area contributed by atoms with Crippen LogP contribution in [-0.4, -0.2) is 64.2 Å². The fourth-order valence-electron chi connectivity index (χ4n) is 5.01. The molecule has 1 aliphatic heterocycles. The number of hydrogen-bond donors (Lipinski definition) is 2. The van der Waals surface area contributed by atoms with Crippen LogP contribution in [0.1, 0.15) is 57.2 Å². The molecular formula is C22H36IN7. The van der Waals surface area contributed by atoms with Crippen molar-refractivity contribution in [2.24, 2.45) is 4.99 Å². The van der Waals surface area contributed by atoms with Crippen LogP contribution >= 0.6 is 24.0 Å². The Bertz CT molecular complexity index is 807. The number of piperidine rings is 1. The van der Waals surface area contributed by atoms with Gasteiger partial charge < -0.3 is 10.6 Å². The lowest BCUT2D eigenvalue weighted by atomic mass is 9.79. The number of nitrogens with zero attached hydrogens (tertiary/aromatic N) is 5. The second-order valence-electron chi connectivity index (χ2n) is 8.48. The normalized spacial score (nSPS) is 20.0. The minimum absolute atomic E-state index is 0. The standard InChI is InChI=1S/C22H35N7.HI/c1-23-21(24-14-11-20-27-26-19-10-4-9-17-29(19)20)25-18-22(12-5-2-6-13-22)28-15-7-3-8-16-28;/h4,9-10,17H,2-3,5-8,11-16,18H2,1H3,(H2,23,24,25);1H. The van der Waals surface area contributed by atoms with Gasteiger partial charge in [0.2, 0.25) is 0 Å². The molecule has 0 amide bonds. The molecule has 2 aromatic rings. The molecular weight excluding hydrogens is 489 g/mol. The average Bonchev–Trinajstić information content (AvgIpc) is 3.20. The number of aliphatic imine (C=N–C) groups is 1. The van der Waals surface area contributed by atoms with E-state index < -0.39 is 0 Å². The largest absolute Gasteiger partial charge is 0.356 e. The Labute approximate surface area is 197 Å². The van der Waals surface area contributed by atoms with E-state index in [1.165, 1.54) is 64.5 Å². The molecule has 0 radical (unpaired) electrons. The minimum atomic E-state index is 0. The number of halogens is 1. The van der Waals surface area contributed by atoms with Gasteiger partial charge >= 0.3 is 0 Å².